The van der Waals surface area contributed by atoms with Gasteiger partial charge >= 0.3 is 5.69 Å². The first kappa shape index (κ1) is 22.3. The fourth-order valence-electron chi connectivity index (χ4n) is 3.57. The van der Waals surface area contributed by atoms with Crippen molar-refractivity contribution in [1.29, 1.82) is 0 Å². The third-order valence-corrected chi connectivity index (χ3v) is 5.55. The molecule has 0 atom stereocenters. The molecule has 1 saturated heterocycles. The first-order chi connectivity index (χ1) is 15.9. The standard InChI is InChI=1S/C23H20ClN3O6/c24-16-5-8-20(19(14-16)27(30)31)33-18-6-3-15(4-7-18)22(28)25-17-9-11-26(12-10-17)23(29)21-2-1-13-32-21/h1-8,13-14,17H,9-12H2,(H,25,28). The van der Waals surface area contributed by atoms with Crippen LogP contribution in [-0.4, -0.2) is 40.8 Å². The SMILES string of the molecule is O=C(NC1CCN(C(=O)c2ccco2)CC1)c1ccc(Oc2ccc(Cl)cc2[N+](=O)[O-])cc1. The first-order valence-electron chi connectivity index (χ1n) is 10.3. The molecule has 10 heteroatoms. The van der Waals surface area contributed by atoms with Gasteiger partial charge in [0.2, 0.25) is 5.75 Å². The number of nitrogens with zero attached hydrogens (tertiary/aromatic N) is 2. The zero-order valence-electron chi connectivity index (χ0n) is 17.4. The zero-order chi connectivity index (χ0) is 23.4. The summed E-state index contributed by atoms with van der Waals surface area (Å²) in [5.74, 6) is 0.319. The minimum Gasteiger partial charge on any atom is -0.459 e. The molecule has 9 nitrogen and oxygen atoms in total. The fourth-order valence-corrected chi connectivity index (χ4v) is 3.74. The van der Waals surface area contributed by atoms with Crippen molar-refractivity contribution in [3.63, 3.8) is 0 Å². The van der Waals surface area contributed by atoms with Crippen LogP contribution in [0.25, 0.3) is 0 Å². The number of benzene rings is 2. The number of likely N-dealkylation sites (tertiary alicyclic amines) is 1. The smallest absolute Gasteiger partial charge is 0.313 e. The number of rotatable bonds is 6. The van der Waals surface area contributed by atoms with Gasteiger partial charge in [-0.25, -0.2) is 0 Å². The van der Waals surface area contributed by atoms with Gasteiger partial charge in [-0.2, -0.15) is 0 Å². The second-order valence-electron chi connectivity index (χ2n) is 7.51. The van der Waals surface area contributed by atoms with Crippen LogP contribution in [0.15, 0.2) is 65.3 Å². The lowest BCUT2D eigenvalue weighted by Gasteiger charge is -2.31. The first-order valence-corrected chi connectivity index (χ1v) is 10.6. The molecule has 1 fully saturated rings. The summed E-state index contributed by atoms with van der Waals surface area (Å²) < 4.78 is 10.8. The zero-order valence-corrected chi connectivity index (χ0v) is 18.2. The Morgan fingerprint density at radius 1 is 1.12 bits per heavy atom. The molecule has 2 aromatic carbocycles. The van der Waals surface area contributed by atoms with Gasteiger partial charge in [-0.15, -0.1) is 0 Å². The van der Waals surface area contributed by atoms with Gasteiger partial charge < -0.3 is 19.4 Å². The number of carbonyl (C=O) groups is 2. The predicted molar refractivity (Wildman–Crippen MR) is 120 cm³/mol. The largest absolute Gasteiger partial charge is 0.459 e. The summed E-state index contributed by atoms with van der Waals surface area (Å²) in [6.07, 6.45) is 2.74. The molecule has 0 spiro atoms. The third-order valence-electron chi connectivity index (χ3n) is 5.31. The Kier molecular flexibility index (Phi) is 6.60. The third kappa shape index (κ3) is 5.32. The number of nitrogens with one attached hydrogen (secondary N) is 1. The highest BCUT2D eigenvalue weighted by Crippen LogP contribution is 2.33. The van der Waals surface area contributed by atoms with Crippen molar-refractivity contribution in [2.75, 3.05) is 13.1 Å². The second kappa shape index (κ2) is 9.74. The Morgan fingerprint density at radius 3 is 2.48 bits per heavy atom. The predicted octanol–water partition coefficient (Wildman–Crippen LogP) is 4.67. The molecular weight excluding hydrogens is 450 g/mol. The van der Waals surface area contributed by atoms with E-state index in [9.17, 15) is 19.7 Å². The van der Waals surface area contributed by atoms with Crippen LogP contribution in [0.5, 0.6) is 11.5 Å². The summed E-state index contributed by atoms with van der Waals surface area (Å²) in [4.78, 5) is 37.3. The van der Waals surface area contributed by atoms with E-state index in [0.717, 1.165) is 0 Å². The Labute approximate surface area is 194 Å². The number of halogens is 1. The maximum absolute atomic E-state index is 12.6. The Hall–Kier alpha value is -3.85. The molecule has 0 unspecified atom stereocenters. The number of hydrogen-bond acceptors (Lipinski definition) is 6. The van der Waals surface area contributed by atoms with Gasteiger partial charge in [-0.1, -0.05) is 11.6 Å². The van der Waals surface area contributed by atoms with Crippen molar-refractivity contribution < 1.29 is 23.7 Å². The van der Waals surface area contributed by atoms with Crippen molar-refractivity contribution in [3.8, 4) is 11.5 Å². The summed E-state index contributed by atoms with van der Waals surface area (Å²) in [6, 6.07) is 13.7. The number of nitro benzene ring substituents is 1. The number of carbonyl (C=O) groups excluding carboxylic acids is 2. The normalized spacial score (nSPS) is 14.0. The van der Waals surface area contributed by atoms with Gasteiger partial charge in [0.1, 0.15) is 5.75 Å². The molecule has 1 N–H and O–H groups in total. The summed E-state index contributed by atoms with van der Waals surface area (Å²) in [5, 5.41) is 14.4. The molecule has 2 amide bonds. The van der Waals surface area contributed by atoms with Crippen LogP contribution in [-0.2, 0) is 0 Å². The molecule has 4 rings (SSSR count). The Morgan fingerprint density at radius 2 is 1.85 bits per heavy atom. The lowest BCUT2D eigenvalue weighted by molar-refractivity contribution is -0.385. The topological polar surface area (TPSA) is 115 Å². The molecule has 170 valence electrons. The van der Waals surface area contributed by atoms with Crippen molar-refractivity contribution in [2.45, 2.75) is 18.9 Å². The van der Waals surface area contributed by atoms with Gasteiger partial charge in [-0.05, 0) is 61.4 Å². The lowest BCUT2D eigenvalue weighted by Crippen LogP contribution is -2.46. The Bertz CT molecular complexity index is 1160. The molecule has 3 aromatic rings. The number of ether oxygens (including phenoxy) is 1. The number of hydrogen-bond donors (Lipinski definition) is 1. The lowest BCUT2D eigenvalue weighted by atomic mass is 10.0. The highest BCUT2D eigenvalue weighted by Gasteiger charge is 2.26. The molecule has 33 heavy (non-hydrogen) atoms. The molecule has 1 aliphatic heterocycles. The highest BCUT2D eigenvalue weighted by atomic mass is 35.5. The van der Waals surface area contributed by atoms with E-state index in [-0.39, 0.29) is 34.3 Å². The fraction of sp³-hybridized carbons (Fsp3) is 0.217. The van der Waals surface area contributed by atoms with Gasteiger partial charge in [-0.3, -0.25) is 19.7 Å². The average molecular weight is 470 g/mol. The Balaban J connectivity index is 1.32. The maximum Gasteiger partial charge on any atom is 0.313 e. The molecule has 0 bridgehead atoms. The van der Waals surface area contributed by atoms with E-state index >= 15 is 0 Å². The van der Waals surface area contributed by atoms with Crippen LogP contribution >= 0.6 is 11.6 Å². The van der Waals surface area contributed by atoms with E-state index in [1.54, 1.807) is 41.3 Å². The average Bonchev–Trinajstić information content (AvgIpc) is 3.35. The van der Waals surface area contributed by atoms with E-state index in [1.807, 2.05) is 0 Å². The van der Waals surface area contributed by atoms with Gasteiger partial charge in [0.25, 0.3) is 11.8 Å². The van der Waals surface area contributed by atoms with E-state index in [2.05, 4.69) is 5.32 Å². The minimum absolute atomic E-state index is 0.0502. The van der Waals surface area contributed by atoms with E-state index in [4.69, 9.17) is 20.8 Å². The molecule has 0 saturated carbocycles. The van der Waals surface area contributed by atoms with Crippen LogP contribution in [0.1, 0.15) is 33.8 Å². The van der Waals surface area contributed by atoms with Crippen LogP contribution in [0, 0.1) is 10.1 Å². The van der Waals surface area contributed by atoms with Crippen molar-refractivity contribution in [3.05, 3.63) is 87.3 Å². The molecule has 1 aliphatic rings. The summed E-state index contributed by atoms with van der Waals surface area (Å²) in [5.41, 5.74) is 0.184. The molecule has 0 radical (unpaired) electrons. The number of amides is 2. The highest BCUT2D eigenvalue weighted by molar-refractivity contribution is 6.30. The molecule has 1 aromatic heterocycles. The maximum atomic E-state index is 12.6. The quantitative estimate of drug-likeness (QED) is 0.414. The van der Waals surface area contributed by atoms with Crippen molar-refractivity contribution in [2.24, 2.45) is 0 Å². The van der Waals surface area contributed by atoms with E-state index in [0.29, 0.717) is 43.0 Å². The molecular formula is C23H20ClN3O6. The van der Waals surface area contributed by atoms with E-state index < -0.39 is 4.92 Å². The molecule has 2 heterocycles. The minimum atomic E-state index is -0.573. The second-order valence-corrected chi connectivity index (χ2v) is 7.95. The van der Waals surface area contributed by atoms with Crippen LogP contribution < -0.4 is 10.1 Å². The molecule has 0 aliphatic carbocycles. The van der Waals surface area contributed by atoms with Gasteiger partial charge in [0, 0.05) is 35.8 Å². The summed E-state index contributed by atoms with van der Waals surface area (Å²) in [6.45, 7) is 1.05. The van der Waals surface area contributed by atoms with Gasteiger partial charge in [0.05, 0.1) is 11.2 Å². The van der Waals surface area contributed by atoms with Crippen LogP contribution in [0.2, 0.25) is 5.02 Å². The summed E-state index contributed by atoms with van der Waals surface area (Å²) >= 11 is 5.82. The number of nitro groups is 1. The van der Waals surface area contributed by atoms with Crippen molar-refractivity contribution in [1.82, 2.24) is 10.2 Å². The van der Waals surface area contributed by atoms with E-state index in [1.165, 1.54) is 24.5 Å². The van der Waals surface area contributed by atoms with Crippen LogP contribution in [0.4, 0.5) is 5.69 Å². The van der Waals surface area contributed by atoms with Crippen molar-refractivity contribution >= 4 is 29.1 Å². The van der Waals surface area contributed by atoms with Crippen LogP contribution in [0.3, 0.4) is 0 Å². The number of furan rings is 1. The van der Waals surface area contributed by atoms with Gasteiger partial charge in [0.15, 0.2) is 5.76 Å². The summed E-state index contributed by atoms with van der Waals surface area (Å²) in [7, 11) is 0. The number of piperidine rings is 1. The monoisotopic (exact) mass is 469 g/mol.